The molecule has 0 aliphatic carbocycles. The minimum atomic E-state index is -0.642. The molecular weight excluding hydrogens is 156 g/mol. The molecule has 0 aliphatic rings. The molecule has 0 saturated carbocycles. The lowest BCUT2D eigenvalue weighted by Gasteiger charge is -2.18. The van der Waals surface area contributed by atoms with E-state index in [0.717, 1.165) is 0 Å². The highest BCUT2D eigenvalue weighted by atomic mass is 16.3. The molecule has 0 fully saturated rings. The molecular formula is C8H18N2O2. The smallest absolute Gasteiger partial charge is 0.225 e. The Balaban J connectivity index is 3.73. The summed E-state index contributed by atoms with van der Waals surface area (Å²) in [6.45, 7) is 5.85. The Morgan fingerprint density at radius 2 is 2.08 bits per heavy atom. The van der Waals surface area contributed by atoms with Crippen LogP contribution in [0.2, 0.25) is 0 Å². The fraction of sp³-hybridized carbons (Fsp3) is 0.875. The van der Waals surface area contributed by atoms with E-state index in [2.05, 4.69) is 5.32 Å². The third-order valence-electron chi connectivity index (χ3n) is 1.45. The third kappa shape index (κ3) is 4.31. The van der Waals surface area contributed by atoms with Crippen molar-refractivity contribution < 1.29 is 9.90 Å². The zero-order valence-electron chi connectivity index (χ0n) is 7.92. The zero-order valence-corrected chi connectivity index (χ0v) is 7.92. The Bertz CT molecular complexity index is 152. The topological polar surface area (TPSA) is 75.3 Å². The van der Waals surface area contributed by atoms with Crippen molar-refractivity contribution in [3.63, 3.8) is 0 Å². The molecule has 1 amide bonds. The molecule has 1 atom stereocenters. The summed E-state index contributed by atoms with van der Waals surface area (Å²) in [6.07, 6.45) is -0.642. The number of amides is 1. The predicted molar refractivity (Wildman–Crippen MR) is 47.5 cm³/mol. The van der Waals surface area contributed by atoms with Crippen LogP contribution in [0.3, 0.4) is 0 Å². The Morgan fingerprint density at radius 3 is 2.42 bits per heavy atom. The number of nitrogens with two attached hydrogens (primary N) is 1. The van der Waals surface area contributed by atoms with Gasteiger partial charge in [-0.15, -0.1) is 0 Å². The molecule has 0 saturated heterocycles. The highest BCUT2D eigenvalue weighted by Crippen LogP contribution is 2.11. The SMILES string of the molecule is CC(C)(C)C(=O)NCC(O)CN. The zero-order chi connectivity index (χ0) is 9.78. The fourth-order valence-corrected chi connectivity index (χ4v) is 0.559. The van der Waals surface area contributed by atoms with E-state index in [1.165, 1.54) is 0 Å². The normalized spacial score (nSPS) is 14.1. The average molecular weight is 174 g/mol. The predicted octanol–water partition coefficient (Wildman–Crippen LogP) is -0.532. The molecule has 0 aromatic carbocycles. The molecule has 0 aliphatic heterocycles. The van der Waals surface area contributed by atoms with Crippen molar-refractivity contribution >= 4 is 5.91 Å². The Hall–Kier alpha value is -0.610. The van der Waals surface area contributed by atoms with Crippen LogP contribution >= 0.6 is 0 Å². The van der Waals surface area contributed by atoms with E-state index in [0.29, 0.717) is 0 Å². The molecule has 4 nitrogen and oxygen atoms in total. The van der Waals surface area contributed by atoms with Gasteiger partial charge in [0.25, 0.3) is 0 Å². The van der Waals surface area contributed by atoms with Crippen molar-refractivity contribution in [2.24, 2.45) is 11.1 Å². The fourth-order valence-electron chi connectivity index (χ4n) is 0.559. The number of carbonyl (C=O) groups excluding carboxylic acids is 1. The summed E-state index contributed by atoms with van der Waals surface area (Å²) < 4.78 is 0. The monoisotopic (exact) mass is 174 g/mol. The van der Waals surface area contributed by atoms with Crippen LogP contribution < -0.4 is 11.1 Å². The third-order valence-corrected chi connectivity index (χ3v) is 1.45. The van der Waals surface area contributed by atoms with Gasteiger partial charge in [0.2, 0.25) is 5.91 Å². The summed E-state index contributed by atoms with van der Waals surface area (Å²) in [6, 6.07) is 0. The van der Waals surface area contributed by atoms with Gasteiger partial charge in [0, 0.05) is 18.5 Å². The van der Waals surface area contributed by atoms with Crippen molar-refractivity contribution in [1.82, 2.24) is 5.32 Å². The van der Waals surface area contributed by atoms with Gasteiger partial charge in [0.15, 0.2) is 0 Å². The van der Waals surface area contributed by atoms with E-state index in [1.807, 2.05) is 20.8 Å². The number of aliphatic hydroxyl groups excluding tert-OH is 1. The summed E-state index contributed by atoms with van der Waals surface area (Å²) >= 11 is 0. The molecule has 0 aromatic heterocycles. The molecule has 72 valence electrons. The summed E-state index contributed by atoms with van der Waals surface area (Å²) in [5.74, 6) is -0.0741. The number of rotatable bonds is 3. The molecule has 0 radical (unpaired) electrons. The molecule has 0 bridgehead atoms. The van der Waals surface area contributed by atoms with Gasteiger partial charge in [-0.2, -0.15) is 0 Å². The van der Waals surface area contributed by atoms with E-state index in [1.54, 1.807) is 0 Å². The Kier molecular flexibility index (Phi) is 4.20. The van der Waals surface area contributed by atoms with Crippen LogP contribution in [0.5, 0.6) is 0 Å². The van der Waals surface area contributed by atoms with Gasteiger partial charge in [-0.1, -0.05) is 20.8 Å². The van der Waals surface area contributed by atoms with Crippen molar-refractivity contribution in [2.45, 2.75) is 26.9 Å². The minimum absolute atomic E-state index is 0.0741. The molecule has 12 heavy (non-hydrogen) atoms. The first-order chi connectivity index (χ1) is 5.38. The lowest BCUT2D eigenvalue weighted by molar-refractivity contribution is -0.128. The van der Waals surface area contributed by atoms with Gasteiger partial charge in [0.1, 0.15) is 0 Å². The van der Waals surface area contributed by atoms with Gasteiger partial charge >= 0.3 is 0 Å². The number of hydrogen-bond donors (Lipinski definition) is 3. The molecule has 4 N–H and O–H groups in total. The first-order valence-corrected chi connectivity index (χ1v) is 4.04. The highest BCUT2D eigenvalue weighted by Gasteiger charge is 2.20. The van der Waals surface area contributed by atoms with Crippen LogP contribution in [0, 0.1) is 5.41 Å². The quantitative estimate of drug-likeness (QED) is 0.538. The van der Waals surface area contributed by atoms with E-state index >= 15 is 0 Å². The summed E-state index contributed by atoms with van der Waals surface area (Å²) in [5, 5.41) is 11.6. The average Bonchev–Trinajstić information content (AvgIpc) is 1.97. The van der Waals surface area contributed by atoms with Gasteiger partial charge in [-0.05, 0) is 0 Å². The van der Waals surface area contributed by atoms with E-state index in [-0.39, 0.29) is 19.0 Å². The standard InChI is InChI=1S/C8H18N2O2/c1-8(2,3)7(12)10-5-6(11)4-9/h6,11H,4-5,9H2,1-3H3,(H,10,12). The molecule has 0 aromatic rings. The number of nitrogens with one attached hydrogen (secondary N) is 1. The largest absolute Gasteiger partial charge is 0.390 e. The maximum Gasteiger partial charge on any atom is 0.225 e. The number of carbonyl (C=O) groups is 1. The van der Waals surface area contributed by atoms with E-state index in [4.69, 9.17) is 10.8 Å². The highest BCUT2D eigenvalue weighted by molar-refractivity contribution is 5.81. The van der Waals surface area contributed by atoms with E-state index < -0.39 is 11.5 Å². The second kappa shape index (κ2) is 4.42. The van der Waals surface area contributed by atoms with Gasteiger partial charge < -0.3 is 16.2 Å². The van der Waals surface area contributed by atoms with Crippen LogP contribution in [0.4, 0.5) is 0 Å². The van der Waals surface area contributed by atoms with Crippen molar-refractivity contribution in [3.8, 4) is 0 Å². The lowest BCUT2D eigenvalue weighted by Crippen LogP contribution is -2.41. The van der Waals surface area contributed by atoms with Crippen LogP contribution in [0.15, 0.2) is 0 Å². The van der Waals surface area contributed by atoms with Crippen LogP contribution in [-0.4, -0.2) is 30.2 Å². The maximum atomic E-state index is 11.2. The molecule has 1 unspecified atom stereocenters. The van der Waals surface area contributed by atoms with Crippen molar-refractivity contribution in [3.05, 3.63) is 0 Å². The summed E-state index contributed by atoms with van der Waals surface area (Å²) in [5.41, 5.74) is 4.76. The van der Waals surface area contributed by atoms with E-state index in [9.17, 15) is 4.79 Å². The molecule has 0 heterocycles. The van der Waals surface area contributed by atoms with Crippen molar-refractivity contribution in [2.75, 3.05) is 13.1 Å². The van der Waals surface area contributed by atoms with Crippen LogP contribution in [0.25, 0.3) is 0 Å². The van der Waals surface area contributed by atoms with Crippen LogP contribution in [-0.2, 0) is 4.79 Å². The first kappa shape index (κ1) is 11.4. The van der Waals surface area contributed by atoms with Gasteiger partial charge in [0.05, 0.1) is 6.10 Å². The summed E-state index contributed by atoms with van der Waals surface area (Å²) in [7, 11) is 0. The van der Waals surface area contributed by atoms with Gasteiger partial charge in [-0.25, -0.2) is 0 Å². The van der Waals surface area contributed by atoms with Crippen molar-refractivity contribution in [1.29, 1.82) is 0 Å². The lowest BCUT2D eigenvalue weighted by atomic mass is 9.96. The first-order valence-electron chi connectivity index (χ1n) is 4.04. The molecule has 0 spiro atoms. The molecule has 4 heteroatoms. The second-order valence-electron chi connectivity index (χ2n) is 3.85. The van der Waals surface area contributed by atoms with Gasteiger partial charge in [-0.3, -0.25) is 4.79 Å². The summed E-state index contributed by atoms with van der Waals surface area (Å²) in [4.78, 5) is 11.2. The number of hydrogen-bond acceptors (Lipinski definition) is 3. The Labute approximate surface area is 73.1 Å². The van der Waals surface area contributed by atoms with Crippen LogP contribution in [0.1, 0.15) is 20.8 Å². The number of aliphatic hydroxyl groups is 1. The maximum absolute atomic E-state index is 11.2. The molecule has 0 rings (SSSR count). The second-order valence-corrected chi connectivity index (χ2v) is 3.85. The Morgan fingerprint density at radius 1 is 1.58 bits per heavy atom. The minimum Gasteiger partial charge on any atom is -0.390 e.